The molecule has 0 aliphatic carbocycles. The van der Waals surface area contributed by atoms with Gasteiger partial charge < -0.3 is 10.2 Å². The first kappa shape index (κ1) is 17.5. The summed E-state index contributed by atoms with van der Waals surface area (Å²) in [6.45, 7) is 3.62. The third kappa shape index (κ3) is 4.59. The number of benzene rings is 2. The Kier molecular flexibility index (Phi) is 5.68. The van der Waals surface area contributed by atoms with E-state index in [1.54, 1.807) is 24.4 Å². The van der Waals surface area contributed by atoms with Crippen LogP contribution in [0.15, 0.2) is 54.7 Å². The number of aromatic nitrogens is 3. The molecule has 0 fully saturated rings. The second-order valence-electron chi connectivity index (χ2n) is 5.39. The van der Waals surface area contributed by atoms with Crippen LogP contribution in [0.25, 0.3) is 0 Å². The Morgan fingerprint density at radius 2 is 1.88 bits per heavy atom. The number of hydrogen-bond acceptors (Lipinski definition) is 5. The van der Waals surface area contributed by atoms with Gasteiger partial charge in [0.05, 0.1) is 16.9 Å². The maximum atomic E-state index is 6.18. The molecule has 3 aromatic rings. The Morgan fingerprint density at radius 3 is 2.64 bits per heavy atom. The molecule has 25 heavy (non-hydrogen) atoms. The molecule has 128 valence electrons. The summed E-state index contributed by atoms with van der Waals surface area (Å²) in [6, 6.07) is 15.4. The minimum Gasteiger partial charge on any atom is -0.351 e. The molecule has 1 N–H and O–H groups in total. The normalized spacial score (nSPS) is 10.5. The van der Waals surface area contributed by atoms with Crippen molar-refractivity contribution in [2.45, 2.75) is 13.5 Å². The molecule has 0 atom stereocenters. The Morgan fingerprint density at radius 1 is 1.08 bits per heavy atom. The van der Waals surface area contributed by atoms with Crippen LogP contribution in [0.2, 0.25) is 10.0 Å². The van der Waals surface area contributed by atoms with Crippen LogP contribution in [-0.4, -0.2) is 21.7 Å². The van der Waals surface area contributed by atoms with Crippen molar-refractivity contribution in [1.29, 1.82) is 0 Å². The summed E-state index contributed by atoms with van der Waals surface area (Å²) in [5.41, 5.74) is 1.84. The van der Waals surface area contributed by atoms with Gasteiger partial charge in [0.1, 0.15) is 0 Å². The van der Waals surface area contributed by atoms with Crippen molar-refractivity contribution in [2.75, 3.05) is 16.8 Å². The molecule has 0 unspecified atom stereocenters. The molecule has 0 radical (unpaired) electrons. The van der Waals surface area contributed by atoms with Gasteiger partial charge in [0, 0.05) is 18.1 Å². The molecule has 0 bridgehead atoms. The lowest BCUT2D eigenvalue weighted by Gasteiger charge is -2.21. The molecule has 2 aromatic carbocycles. The fourth-order valence-corrected chi connectivity index (χ4v) is 2.71. The van der Waals surface area contributed by atoms with E-state index in [2.05, 4.69) is 44.5 Å². The van der Waals surface area contributed by atoms with Crippen molar-refractivity contribution >= 4 is 40.7 Å². The maximum absolute atomic E-state index is 6.18. The monoisotopic (exact) mass is 373 g/mol. The zero-order valence-electron chi connectivity index (χ0n) is 13.7. The second kappa shape index (κ2) is 8.14. The first-order chi connectivity index (χ1) is 12.2. The number of halogens is 2. The largest absolute Gasteiger partial charge is 0.351 e. The van der Waals surface area contributed by atoms with Crippen molar-refractivity contribution in [1.82, 2.24) is 15.2 Å². The lowest BCUT2D eigenvalue weighted by Crippen LogP contribution is -2.23. The maximum Gasteiger partial charge on any atom is 0.249 e. The molecule has 3 rings (SSSR count). The van der Waals surface area contributed by atoms with Crippen LogP contribution in [0, 0.1) is 0 Å². The number of rotatable bonds is 6. The van der Waals surface area contributed by atoms with Gasteiger partial charge in [0.2, 0.25) is 5.95 Å². The van der Waals surface area contributed by atoms with Gasteiger partial charge >= 0.3 is 0 Å². The van der Waals surface area contributed by atoms with Crippen molar-refractivity contribution in [2.24, 2.45) is 0 Å². The first-order valence-electron chi connectivity index (χ1n) is 7.86. The summed E-state index contributed by atoms with van der Waals surface area (Å²) in [4.78, 5) is 6.67. The zero-order chi connectivity index (χ0) is 17.6. The summed E-state index contributed by atoms with van der Waals surface area (Å²) in [5, 5.41) is 12.3. The molecular weight excluding hydrogens is 357 g/mol. The van der Waals surface area contributed by atoms with E-state index in [1.165, 1.54) is 5.56 Å². The lowest BCUT2D eigenvalue weighted by atomic mass is 10.2. The Hall–Kier alpha value is -2.37. The smallest absolute Gasteiger partial charge is 0.249 e. The average Bonchev–Trinajstić information content (AvgIpc) is 2.64. The van der Waals surface area contributed by atoms with Crippen molar-refractivity contribution in [3.05, 3.63) is 70.3 Å². The van der Waals surface area contributed by atoms with Crippen LogP contribution in [-0.2, 0) is 6.54 Å². The van der Waals surface area contributed by atoms with Gasteiger partial charge in [-0.2, -0.15) is 10.1 Å². The zero-order valence-corrected chi connectivity index (χ0v) is 15.2. The number of hydrogen-bond donors (Lipinski definition) is 1. The fraction of sp³-hybridized carbons (Fsp3) is 0.167. The van der Waals surface area contributed by atoms with E-state index in [4.69, 9.17) is 23.2 Å². The summed E-state index contributed by atoms with van der Waals surface area (Å²) in [5.74, 6) is 1.11. The van der Waals surface area contributed by atoms with Gasteiger partial charge in [0.25, 0.3) is 0 Å². The molecule has 0 amide bonds. The summed E-state index contributed by atoms with van der Waals surface area (Å²) in [6.07, 6.45) is 1.65. The highest BCUT2D eigenvalue weighted by atomic mass is 35.5. The topological polar surface area (TPSA) is 53.9 Å². The van der Waals surface area contributed by atoms with Gasteiger partial charge in [-0.3, -0.25) is 0 Å². The third-order valence-electron chi connectivity index (χ3n) is 3.64. The van der Waals surface area contributed by atoms with Gasteiger partial charge in [-0.15, -0.1) is 5.10 Å². The minimum atomic E-state index is 0.369. The highest BCUT2D eigenvalue weighted by Crippen LogP contribution is 2.27. The lowest BCUT2D eigenvalue weighted by molar-refractivity contribution is 0.798. The molecule has 0 spiro atoms. The fourth-order valence-electron chi connectivity index (χ4n) is 2.37. The molecule has 1 aromatic heterocycles. The van der Waals surface area contributed by atoms with Crippen LogP contribution in [0.4, 0.5) is 17.5 Å². The molecule has 0 aliphatic heterocycles. The molecule has 5 nitrogen and oxygen atoms in total. The van der Waals surface area contributed by atoms with Crippen LogP contribution in [0.5, 0.6) is 0 Å². The summed E-state index contributed by atoms with van der Waals surface area (Å²) < 4.78 is 0. The molecule has 0 saturated carbocycles. The molecule has 0 saturated heterocycles. The molecule has 0 aliphatic rings. The Bertz CT molecular complexity index is 842. The third-order valence-corrected chi connectivity index (χ3v) is 4.21. The number of anilines is 3. The van der Waals surface area contributed by atoms with E-state index in [9.17, 15) is 0 Å². The van der Waals surface area contributed by atoms with Crippen LogP contribution in [0.1, 0.15) is 12.5 Å². The predicted molar refractivity (Wildman–Crippen MR) is 103 cm³/mol. The van der Waals surface area contributed by atoms with E-state index in [0.29, 0.717) is 21.7 Å². The molecule has 7 heteroatoms. The second-order valence-corrected chi connectivity index (χ2v) is 6.23. The SMILES string of the molecule is CCN(Cc1ccccc1)c1cnnc(Nc2cc(Cl)ccc2Cl)n1. The van der Waals surface area contributed by atoms with Gasteiger partial charge in [-0.1, -0.05) is 53.5 Å². The summed E-state index contributed by atoms with van der Waals surface area (Å²) >= 11 is 12.2. The van der Waals surface area contributed by atoms with Crippen molar-refractivity contribution < 1.29 is 0 Å². The highest BCUT2D eigenvalue weighted by Gasteiger charge is 2.10. The number of nitrogens with one attached hydrogen (secondary N) is 1. The quantitative estimate of drug-likeness (QED) is 0.662. The standard InChI is InChI=1S/C18H17Cl2N5/c1-2-25(12-13-6-4-3-5-7-13)17-11-21-24-18(23-17)22-16-10-14(19)8-9-15(16)20/h3-11H,2,12H2,1H3,(H,22,23,24). The van der Waals surface area contributed by atoms with Gasteiger partial charge in [-0.25, -0.2) is 0 Å². The van der Waals surface area contributed by atoms with Crippen LogP contribution >= 0.6 is 23.2 Å². The molecular formula is C18H17Cl2N5. The van der Waals surface area contributed by atoms with Gasteiger partial charge in [-0.05, 0) is 30.7 Å². The Labute approximate surface area is 156 Å². The average molecular weight is 374 g/mol. The summed E-state index contributed by atoms with van der Waals surface area (Å²) in [7, 11) is 0. The van der Waals surface area contributed by atoms with E-state index < -0.39 is 0 Å². The van der Waals surface area contributed by atoms with E-state index >= 15 is 0 Å². The van der Waals surface area contributed by atoms with E-state index in [1.807, 2.05) is 18.2 Å². The van der Waals surface area contributed by atoms with Crippen molar-refractivity contribution in [3.63, 3.8) is 0 Å². The van der Waals surface area contributed by atoms with E-state index in [0.717, 1.165) is 18.9 Å². The van der Waals surface area contributed by atoms with E-state index in [-0.39, 0.29) is 0 Å². The predicted octanol–water partition coefficient (Wildman–Crippen LogP) is 4.95. The minimum absolute atomic E-state index is 0.369. The highest BCUT2D eigenvalue weighted by molar-refractivity contribution is 6.35. The van der Waals surface area contributed by atoms with Crippen molar-refractivity contribution in [3.8, 4) is 0 Å². The van der Waals surface area contributed by atoms with Crippen LogP contribution in [0.3, 0.4) is 0 Å². The van der Waals surface area contributed by atoms with Crippen LogP contribution < -0.4 is 10.2 Å². The van der Waals surface area contributed by atoms with Gasteiger partial charge in [0.15, 0.2) is 5.82 Å². The Balaban J connectivity index is 1.81. The first-order valence-corrected chi connectivity index (χ1v) is 8.62. The number of nitrogens with zero attached hydrogens (tertiary/aromatic N) is 4. The molecule has 1 heterocycles.